The number of thiazole rings is 1. The average molecular weight is 356 g/mol. The number of carbonyl (C=O) groups excluding carboxylic acids is 1. The molecule has 0 saturated carbocycles. The molecule has 0 atom stereocenters. The third-order valence-corrected chi connectivity index (χ3v) is 5.38. The van der Waals surface area contributed by atoms with Gasteiger partial charge in [0.15, 0.2) is 0 Å². The molecule has 3 rings (SSSR count). The molecule has 1 N–H and O–H groups in total. The molecule has 2 heterocycles. The smallest absolute Gasteiger partial charge is 0.229 e. The summed E-state index contributed by atoms with van der Waals surface area (Å²) in [4.78, 5) is 17.2. The normalized spacial score (nSPS) is 12.0. The third kappa shape index (κ3) is 3.18. The highest BCUT2D eigenvalue weighted by Gasteiger charge is 2.23. The maximum Gasteiger partial charge on any atom is 0.229 e. The van der Waals surface area contributed by atoms with Gasteiger partial charge < -0.3 is 5.32 Å². The van der Waals surface area contributed by atoms with Crippen molar-refractivity contribution in [1.29, 1.82) is 0 Å². The van der Waals surface area contributed by atoms with Crippen molar-refractivity contribution in [3.8, 4) is 5.13 Å². The second-order valence-corrected chi connectivity index (χ2v) is 8.56. The monoisotopic (exact) mass is 356 g/mol. The Labute approximate surface area is 152 Å². The molecule has 132 valence electrons. The molecule has 0 radical (unpaired) electrons. The molecule has 6 heteroatoms. The molecule has 0 saturated heterocycles. The van der Waals surface area contributed by atoms with Crippen LogP contribution >= 0.6 is 11.3 Å². The molecule has 0 aliphatic heterocycles. The lowest BCUT2D eigenvalue weighted by Crippen LogP contribution is -2.28. The molecule has 0 aliphatic rings. The van der Waals surface area contributed by atoms with Crippen LogP contribution in [0.4, 0.5) is 5.69 Å². The van der Waals surface area contributed by atoms with Crippen LogP contribution in [0.5, 0.6) is 0 Å². The van der Waals surface area contributed by atoms with Gasteiger partial charge in [-0.15, -0.1) is 0 Å². The first-order valence-corrected chi connectivity index (χ1v) is 9.15. The summed E-state index contributed by atoms with van der Waals surface area (Å²) >= 11 is 1.60. The SMILES string of the molecule is Cc1cc(C)n(-c2nc3cc(C)c(NC(=O)C(C)(C)C)c(C)c3s2)n1. The molecular formula is C19H24N4OS. The number of nitrogens with one attached hydrogen (secondary N) is 1. The summed E-state index contributed by atoms with van der Waals surface area (Å²) in [5.41, 5.74) is 5.50. The Bertz CT molecular complexity index is 976. The van der Waals surface area contributed by atoms with Gasteiger partial charge in [-0.25, -0.2) is 9.67 Å². The Morgan fingerprint density at radius 1 is 1.16 bits per heavy atom. The number of amides is 1. The molecule has 1 aromatic carbocycles. The number of rotatable bonds is 2. The van der Waals surface area contributed by atoms with E-state index in [1.165, 1.54) is 0 Å². The third-order valence-electron chi connectivity index (χ3n) is 4.22. The van der Waals surface area contributed by atoms with E-state index in [1.807, 2.05) is 65.3 Å². The number of benzene rings is 1. The van der Waals surface area contributed by atoms with Gasteiger partial charge in [-0.05, 0) is 51.0 Å². The van der Waals surface area contributed by atoms with Crippen molar-refractivity contribution in [2.45, 2.75) is 48.5 Å². The standard InChI is InChI=1S/C19H24N4OS/c1-10-8-14-16(13(4)15(10)21-17(24)19(5,6)7)25-18(20-14)23-12(3)9-11(2)22-23/h8-9H,1-7H3,(H,21,24). The summed E-state index contributed by atoms with van der Waals surface area (Å²) in [6.07, 6.45) is 0. The number of hydrogen-bond donors (Lipinski definition) is 1. The minimum absolute atomic E-state index is 0.0151. The van der Waals surface area contributed by atoms with E-state index in [1.54, 1.807) is 11.3 Å². The molecule has 0 spiro atoms. The predicted octanol–water partition coefficient (Wildman–Crippen LogP) is 4.70. The number of aryl methyl sites for hydroxylation is 4. The zero-order valence-corrected chi connectivity index (χ0v) is 16.6. The number of nitrogens with zero attached hydrogens (tertiary/aromatic N) is 3. The number of aromatic nitrogens is 3. The number of anilines is 1. The molecular weight excluding hydrogens is 332 g/mol. The second kappa shape index (κ2) is 5.95. The van der Waals surface area contributed by atoms with Crippen LogP contribution in [0.2, 0.25) is 0 Å². The largest absolute Gasteiger partial charge is 0.325 e. The van der Waals surface area contributed by atoms with E-state index < -0.39 is 5.41 Å². The zero-order valence-electron chi connectivity index (χ0n) is 15.8. The average Bonchev–Trinajstić information content (AvgIpc) is 3.05. The molecule has 25 heavy (non-hydrogen) atoms. The van der Waals surface area contributed by atoms with E-state index in [0.717, 1.165) is 43.6 Å². The highest BCUT2D eigenvalue weighted by atomic mass is 32.1. The van der Waals surface area contributed by atoms with Crippen molar-refractivity contribution in [2.75, 3.05) is 5.32 Å². The maximum atomic E-state index is 12.4. The van der Waals surface area contributed by atoms with E-state index in [-0.39, 0.29) is 5.91 Å². The Balaban J connectivity index is 2.11. The van der Waals surface area contributed by atoms with Crippen molar-refractivity contribution >= 4 is 33.1 Å². The van der Waals surface area contributed by atoms with Gasteiger partial charge >= 0.3 is 0 Å². The van der Waals surface area contributed by atoms with Crippen LogP contribution in [0.25, 0.3) is 15.3 Å². The summed E-state index contributed by atoms with van der Waals surface area (Å²) in [6, 6.07) is 4.07. The van der Waals surface area contributed by atoms with Crippen LogP contribution in [0.3, 0.4) is 0 Å². The van der Waals surface area contributed by atoms with Crippen LogP contribution in [0, 0.1) is 33.1 Å². The first kappa shape index (κ1) is 17.6. The van der Waals surface area contributed by atoms with Crippen LogP contribution in [0.15, 0.2) is 12.1 Å². The van der Waals surface area contributed by atoms with Gasteiger partial charge in [0.2, 0.25) is 11.0 Å². The molecule has 1 amide bonds. The molecule has 0 bridgehead atoms. The Morgan fingerprint density at radius 3 is 2.40 bits per heavy atom. The predicted molar refractivity (Wildman–Crippen MR) is 104 cm³/mol. The first-order chi connectivity index (χ1) is 11.6. The molecule has 5 nitrogen and oxygen atoms in total. The van der Waals surface area contributed by atoms with E-state index >= 15 is 0 Å². The maximum absolute atomic E-state index is 12.4. The first-order valence-electron chi connectivity index (χ1n) is 8.34. The van der Waals surface area contributed by atoms with E-state index in [2.05, 4.69) is 10.4 Å². The van der Waals surface area contributed by atoms with Gasteiger partial charge in [-0.1, -0.05) is 32.1 Å². The van der Waals surface area contributed by atoms with Gasteiger partial charge in [0.25, 0.3) is 0 Å². The summed E-state index contributed by atoms with van der Waals surface area (Å²) in [5, 5.41) is 8.47. The number of fused-ring (bicyclic) bond motifs is 1. The minimum atomic E-state index is -0.434. The van der Waals surface area contributed by atoms with Crippen molar-refractivity contribution in [3.63, 3.8) is 0 Å². The van der Waals surface area contributed by atoms with Gasteiger partial charge in [0, 0.05) is 16.8 Å². The van der Waals surface area contributed by atoms with Crippen LogP contribution in [0.1, 0.15) is 43.3 Å². The fraction of sp³-hybridized carbons (Fsp3) is 0.421. The summed E-state index contributed by atoms with van der Waals surface area (Å²) in [7, 11) is 0. The van der Waals surface area contributed by atoms with Crippen LogP contribution in [-0.2, 0) is 4.79 Å². The lowest BCUT2D eigenvalue weighted by molar-refractivity contribution is -0.123. The zero-order chi connectivity index (χ0) is 18.5. The molecule has 0 fully saturated rings. The van der Waals surface area contributed by atoms with Crippen LogP contribution in [-0.4, -0.2) is 20.7 Å². The fourth-order valence-electron chi connectivity index (χ4n) is 2.78. The number of hydrogen-bond acceptors (Lipinski definition) is 4. The highest BCUT2D eigenvalue weighted by molar-refractivity contribution is 7.21. The van der Waals surface area contributed by atoms with E-state index in [0.29, 0.717) is 0 Å². The summed E-state index contributed by atoms with van der Waals surface area (Å²) in [6.45, 7) is 13.8. The van der Waals surface area contributed by atoms with Gasteiger partial charge in [0.05, 0.1) is 15.9 Å². The van der Waals surface area contributed by atoms with Crippen LogP contribution < -0.4 is 5.32 Å². The molecule has 3 aromatic rings. The highest BCUT2D eigenvalue weighted by Crippen LogP contribution is 2.35. The quantitative estimate of drug-likeness (QED) is 0.724. The second-order valence-electron chi connectivity index (χ2n) is 7.58. The van der Waals surface area contributed by atoms with Gasteiger partial charge in [0.1, 0.15) is 0 Å². The summed E-state index contributed by atoms with van der Waals surface area (Å²) in [5.74, 6) is 0.0151. The summed E-state index contributed by atoms with van der Waals surface area (Å²) < 4.78 is 2.96. The Kier molecular flexibility index (Phi) is 4.19. The van der Waals surface area contributed by atoms with Gasteiger partial charge in [-0.3, -0.25) is 4.79 Å². The Hall–Kier alpha value is -2.21. The topological polar surface area (TPSA) is 59.8 Å². The Morgan fingerprint density at radius 2 is 1.84 bits per heavy atom. The van der Waals surface area contributed by atoms with Gasteiger partial charge in [-0.2, -0.15) is 5.10 Å². The van der Waals surface area contributed by atoms with Crippen molar-refractivity contribution < 1.29 is 4.79 Å². The van der Waals surface area contributed by atoms with E-state index in [9.17, 15) is 4.79 Å². The fourth-order valence-corrected chi connectivity index (χ4v) is 3.84. The van der Waals surface area contributed by atoms with E-state index in [4.69, 9.17) is 4.98 Å². The minimum Gasteiger partial charge on any atom is -0.325 e. The molecule has 0 unspecified atom stereocenters. The van der Waals surface area contributed by atoms with Crippen molar-refractivity contribution in [1.82, 2.24) is 14.8 Å². The number of carbonyl (C=O) groups is 1. The van der Waals surface area contributed by atoms with Crippen molar-refractivity contribution in [2.24, 2.45) is 5.41 Å². The molecule has 2 aromatic heterocycles. The lowest BCUT2D eigenvalue weighted by atomic mass is 9.95. The van der Waals surface area contributed by atoms with Crippen molar-refractivity contribution in [3.05, 3.63) is 34.6 Å². The molecule has 0 aliphatic carbocycles. The lowest BCUT2D eigenvalue weighted by Gasteiger charge is -2.20.